The second-order valence-corrected chi connectivity index (χ2v) is 7.25. The van der Waals surface area contributed by atoms with E-state index in [4.69, 9.17) is 0 Å². The van der Waals surface area contributed by atoms with Crippen LogP contribution in [0.5, 0.6) is 0 Å². The van der Waals surface area contributed by atoms with Gasteiger partial charge in [0, 0.05) is 19.1 Å². The van der Waals surface area contributed by atoms with E-state index in [0.717, 1.165) is 12.5 Å². The van der Waals surface area contributed by atoms with Crippen LogP contribution in [0.2, 0.25) is 0 Å². The number of nitrogens with zero attached hydrogens (tertiary/aromatic N) is 1. The van der Waals surface area contributed by atoms with Crippen LogP contribution in [0.25, 0.3) is 0 Å². The maximum atomic E-state index is 2.76. The summed E-state index contributed by atoms with van der Waals surface area (Å²) in [5.74, 6) is 0.842. The topological polar surface area (TPSA) is 3.24 Å². The molecule has 0 saturated heterocycles. The fourth-order valence-corrected chi connectivity index (χ4v) is 4.65. The average Bonchev–Trinajstić information content (AvgIpc) is 2.63. The van der Waals surface area contributed by atoms with Crippen LogP contribution in [0.3, 0.4) is 0 Å². The van der Waals surface area contributed by atoms with Crippen LogP contribution in [0.1, 0.15) is 54.8 Å². The van der Waals surface area contributed by atoms with Gasteiger partial charge in [-0.3, -0.25) is 4.90 Å². The largest absolute Gasteiger partial charge is 0.291 e. The molecule has 1 nitrogen and oxygen atoms in total. The van der Waals surface area contributed by atoms with Gasteiger partial charge in [-0.1, -0.05) is 73.9 Å². The van der Waals surface area contributed by atoms with Crippen LogP contribution in [0, 0.1) is 5.92 Å². The summed E-state index contributed by atoms with van der Waals surface area (Å²) in [5, 5.41) is 0. The van der Waals surface area contributed by atoms with E-state index in [1.807, 2.05) is 0 Å². The minimum Gasteiger partial charge on any atom is -0.291 e. The summed E-state index contributed by atoms with van der Waals surface area (Å²) in [6, 6.07) is 20.8. The minimum absolute atomic E-state index is 0. The molecule has 0 radical (unpaired) electrons. The van der Waals surface area contributed by atoms with Crippen molar-refractivity contribution < 1.29 is 0 Å². The Morgan fingerprint density at radius 1 is 0.833 bits per heavy atom. The van der Waals surface area contributed by atoms with Crippen LogP contribution >= 0.6 is 24.0 Å². The van der Waals surface area contributed by atoms with Crippen molar-refractivity contribution in [1.82, 2.24) is 4.90 Å². The van der Waals surface area contributed by atoms with Crippen LogP contribution in [0.15, 0.2) is 54.6 Å². The Kier molecular flexibility index (Phi) is 6.34. The average molecular weight is 433 g/mol. The third-order valence-electron chi connectivity index (χ3n) is 5.76. The molecule has 0 N–H and O–H groups in total. The van der Waals surface area contributed by atoms with Gasteiger partial charge in [-0.25, -0.2) is 0 Å². The van der Waals surface area contributed by atoms with Gasteiger partial charge in [0.25, 0.3) is 0 Å². The zero-order valence-electron chi connectivity index (χ0n) is 14.4. The molecular formula is C22H28IN. The first-order valence-corrected chi connectivity index (χ1v) is 9.27. The van der Waals surface area contributed by atoms with Crippen molar-refractivity contribution in [2.75, 3.05) is 6.54 Å². The lowest BCUT2D eigenvalue weighted by Gasteiger charge is -2.43. The third kappa shape index (κ3) is 3.85. The molecule has 128 valence electrons. The molecule has 1 saturated carbocycles. The highest BCUT2D eigenvalue weighted by atomic mass is 127. The standard InChI is InChI=1S/C22H27N.HI/c1-3-9-18(10-4-1)17-23-16-15-19-11-7-8-14-21(19)22(23)20-12-5-2-6-13-20;/h1,3-4,7-11,14,20,22H,2,5-6,12-13,15-17H2;1H. The number of benzene rings is 2. The summed E-state index contributed by atoms with van der Waals surface area (Å²) in [5.41, 5.74) is 4.65. The van der Waals surface area contributed by atoms with Crippen molar-refractivity contribution in [3.8, 4) is 0 Å². The van der Waals surface area contributed by atoms with Crippen LogP contribution in [0.4, 0.5) is 0 Å². The summed E-state index contributed by atoms with van der Waals surface area (Å²) in [7, 11) is 0. The van der Waals surface area contributed by atoms with Gasteiger partial charge in [-0.05, 0) is 41.9 Å². The Morgan fingerprint density at radius 3 is 2.33 bits per heavy atom. The van der Waals surface area contributed by atoms with Crippen LogP contribution in [-0.4, -0.2) is 11.4 Å². The SMILES string of the molecule is I.c1ccc(CN2CCc3ccccc3C2C2CCCCC2)cc1. The lowest BCUT2D eigenvalue weighted by atomic mass is 9.77. The lowest BCUT2D eigenvalue weighted by molar-refractivity contribution is 0.0999. The molecule has 1 fully saturated rings. The normalized spacial score (nSPS) is 21.8. The summed E-state index contributed by atoms with van der Waals surface area (Å²) in [6.07, 6.45) is 8.29. The summed E-state index contributed by atoms with van der Waals surface area (Å²) in [4.78, 5) is 2.76. The van der Waals surface area contributed by atoms with Gasteiger partial charge in [-0.2, -0.15) is 0 Å². The molecule has 0 bridgehead atoms. The van der Waals surface area contributed by atoms with Crippen molar-refractivity contribution in [2.24, 2.45) is 5.92 Å². The Labute approximate surface area is 163 Å². The van der Waals surface area contributed by atoms with E-state index >= 15 is 0 Å². The third-order valence-corrected chi connectivity index (χ3v) is 5.76. The molecule has 0 spiro atoms. The van der Waals surface area contributed by atoms with Gasteiger partial charge >= 0.3 is 0 Å². The molecule has 2 aliphatic rings. The molecule has 1 heterocycles. The first kappa shape index (κ1) is 17.9. The second-order valence-electron chi connectivity index (χ2n) is 7.25. The minimum atomic E-state index is 0. The predicted molar refractivity (Wildman–Crippen MR) is 112 cm³/mol. The molecule has 4 rings (SSSR count). The highest BCUT2D eigenvalue weighted by molar-refractivity contribution is 14.0. The molecule has 2 aromatic carbocycles. The van der Waals surface area contributed by atoms with Gasteiger partial charge < -0.3 is 0 Å². The highest BCUT2D eigenvalue weighted by Crippen LogP contribution is 2.42. The number of hydrogen-bond donors (Lipinski definition) is 0. The second kappa shape index (κ2) is 8.48. The van der Waals surface area contributed by atoms with Gasteiger partial charge in [0.1, 0.15) is 0 Å². The molecule has 1 aliphatic heterocycles. The van der Waals surface area contributed by atoms with E-state index in [0.29, 0.717) is 6.04 Å². The summed E-state index contributed by atoms with van der Waals surface area (Å²) < 4.78 is 0. The van der Waals surface area contributed by atoms with Crippen molar-refractivity contribution >= 4 is 24.0 Å². The maximum absolute atomic E-state index is 2.76. The molecule has 1 aliphatic carbocycles. The maximum Gasteiger partial charge on any atom is 0.0382 e. The summed E-state index contributed by atoms with van der Waals surface area (Å²) >= 11 is 0. The molecule has 2 heteroatoms. The first-order valence-electron chi connectivity index (χ1n) is 9.27. The predicted octanol–water partition coefficient (Wildman–Crippen LogP) is 5.98. The van der Waals surface area contributed by atoms with Gasteiger partial charge in [-0.15, -0.1) is 24.0 Å². The summed E-state index contributed by atoms with van der Waals surface area (Å²) in [6.45, 7) is 2.30. The van der Waals surface area contributed by atoms with E-state index < -0.39 is 0 Å². The Bertz CT molecular complexity index is 633. The fourth-order valence-electron chi connectivity index (χ4n) is 4.65. The fraction of sp³-hybridized carbons (Fsp3) is 0.455. The molecule has 0 aromatic heterocycles. The van der Waals surface area contributed by atoms with Crippen molar-refractivity contribution in [1.29, 1.82) is 0 Å². The van der Waals surface area contributed by atoms with Crippen LogP contribution in [-0.2, 0) is 13.0 Å². The Hall–Kier alpha value is -0.870. The van der Waals surface area contributed by atoms with Crippen molar-refractivity contribution in [2.45, 2.75) is 51.1 Å². The van der Waals surface area contributed by atoms with E-state index in [9.17, 15) is 0 Å². The number of halogens is 1. The Balaban J connectivity index is 0.00000169. The van der Waals surface area contributed by atoms with E-state index in [-0.39, 0.29) is 24.0 Å². The number of hydrogen-bond acceptors (Lipinski definition) is 1. The van der Waals surface area contributed by atoms with E-state index in [2.05, 4.69) is 59.5 Å². The van der Waals surface area contributed by atoms with E-state index in [1.54, 1.807) is 11.1 Å². The highest BCUT2D eigenvalue weighted by Gasteiger charge is 2.33. The molecule has 0 amide bonds. The number of fused-ring (bicyclic) bond motifs is 1. The van der Waals surface area contributed by atoms with Gasteiger partial charge in [0.05, 0.1) is 0 Å². The Morgan fingerprint density at radius 2 is 1.54 bits per heavy atom. The van der Waals surface area contributed by atoms with Crippen molar-refractivity contribution in [3.63, 3.8) is 0 Å². The van der Waals surface area contributed by atoms with E-state index in [1.165, 1.54) is 50.6 Å². The quantitative estimate of drug-likeness (QED) is 0.538. The molecular weight excluding hydrogens is 405 g/mol. The molecule has 1 atom stereocenters. The monoisotopic (exact) mass is 433 g/mol. The number of rotatable bonds is 3. The molecule has 1 unspecified atom stereocenters. The zero-order chi connectivity index (χ0) is 15.5. The lowest BCUT2D eigenvalue weighted by Crippen LogP contribution is -2.39. The van der Waals surface area contributed by atoms with Gasteiger partial charge in [0.15, 0.2) is 0 Å². The smallest absolute Gasteiger partial charge is 0.0382 e. The molecule has 2 aromatic rings. The van der Waals surface area contributed by atoms with Crippen molar-refractivity contribution in [3.05, 3.63) is 71.3 Å². The first-order chi connectivity index (χ1) is 11.4. The molecule has 24 heavy (non-hydrogen) atoms. The van der Waals surface area contributed by atoms with Gasteiger partial charge in [0.2, 0.25) is 0 Å². The zero-order valence-corrected chi connectivity index (χ0v) is 16.7. The van der Waals surface area contributed by atoms with Crippen LogP contribution < -0.4 is 0 Å².